The van der Waals surface area contributed by atoms with Crippen molar-refractivity contribution < 1.29 is 81.8 Å². The van der Waals surface area contributed by atoms with Crippen LogP contribution in [0.15, 0.2) is 42.9 Å². The number of nitrogens with zero attached hydrogens (tertiary/aromatic N) is 3. The van der Waals surface area contributed by atoms with E-state index in [9.17, 15) is 77.3 Å². The molecule has 1 aromatic heterocycles. The number of nitrogens with two attached hydrogens (primary N) is 1. The summed E-state index contributed by atoms with van der Waals surface area (Å²) in [5, 5.41) is 36.9. The van der Waals surface area contributed by atoms with Crippen molar-refractivity contribution in [2.75, 3.05) is 19.7 Å². The number of rotatable bonds is 28. The highest BCUT2D eigenvalue weighted by Crippen LogP contribution is 2.38. The number of phosphoric acid groups is 1. The number of aliphatic carboxylic acids is 1. The van der Waals surface area contributed by atoms with E-state index in [1.807, 2.05) is 0 Å². The summed E-state index contributed by atoms with van der Waals surface area (Å²) in [6.07, 6.45) is 0.660. The number of aliphatic hydroxyl groups excluding tert-OH is 1. The van der Waals surface area contributed by atoms with Crippen LogP contribution in [0.1, 0.15) is 84.4 Å². The fourth-order valence-electron chi connectivity index (χ4n) is 8.77. The van der Waals surface area contributed by atoms with Gasteiger partial charge in [-0.15, -0.1) is 0 Å². The number of aromatic nitrogens is 2. The lowest BCUT2D eigenvalue weighted by Gasteiger charge is -2.33. The van der Waals surface area contributed by atoms with E-state index >= 15 is 0 Å². The van der Waals surface area contributed by atoms with Crippen molar-refractivity contribution in [1.29, 1.82) is 0 Å². The lowest BCUT2D eigenvalue weighted by molar-refractivity contribution is -0.149. The Bertz CT molecular complexity index is 2500. The number of carboxylic acids is 1. The highest BCUT2D eigenvalue weighted by atomic mass is 31.2. The third-order valence-corrected chi connectivity index (χ3v) is 13.1. The van der Waals surface area contributed by atoms with E-state index in [-0.39, 0.29) is 51.1 Å². The maximum atomic E-state index is 14.4. The minimum absolute atomic E-state index is 0.000724. The molecule has 0 bridgehead atoms. The molecule has 10 atom stereocenters. The summed E-state index contributed by atoms with van der Waals surface area (Å²) in [5.74, 6) is -10.7. The molecule has 4 rings (SSSR count). The molecule has 2 saturated heterocycles. The molecule has 2 aliphatic heterocycles. The first-order valence-corrected chi connectivity index (χ1v) is 26.3. The van der Waals surface area contributed by atoms with E-state index < -0.39 is 146 Å². The number of H-pyrrole nitrogens is 1. The van der Waals surface area contributed by atoms with Gasteiger partial charge in [-0.25, -0.2) is 9.55 Å². The highest BCUT2D eigenvalue weighted by molar-refractivity contribution is 7.46. The van der Waals surface area contributed by atoms with Gasteiger partial charge in [0.25, 0.3) is 0 Å². The standard InChI is InChI=1S/C47H69N12O17P/c1-24(2)17-30(40(65)53-32(19-29-21-49-23-50-29)42(67)56-34(22-60)43(68)57-38(26(4)76-77(73,74)75)45(70)51-25(3)39(48)64)54-44(69)35-13-9-15-58(35)47(72)36-14-10-16-59(36)46(71)33(20-37(62)63)55-41(66)31(52-27(5)61)18-28-11-7-6-8-12-28/h6-8,11-12,21,23-26,30-36,38,60H,9-10,13-20,22H2,1-5H3,(H2,48,64)(H,49,50)(H,51,70)(H,52,61)(H,53,65)(H,54,69)(H,55,66)(H,56,67)(H,57,68)(H,62,63)(H2,73,74,75)/t25?,26-,30+,31+,32+,33+,34+,35+,36?,38+/m1/s1. The molecule has 0 aliphatic carbocycles. The molecule has 0 spiro atoms. The number of carboxylic acid groups (broad SMARTS) is 1. The quantitative estimate of drug-likeness (QED) is 0.0362. The molecule has 3 heterocycles. The van der Waals surface area contributed by atoms with Crippen LogP contribution in [0.4, 0.5) is 0 Å². The molecule has 30 heteroatoms. The molecule has 14 N–H and O–H groups in total. The fraction of sp³-hybridized carbons (Fsp3) is 0.574. The van der Waals surface area contributed by atoms with Crippen LogP contribution in [0.25, 0.3) is 0 Å². The molecule has 424 valence electrons. The zero-order valence-corrected chi connectivity index (χ0v) is 44.0. The number of amides is 10. The topological polar surface area (TPSA) is 440 Å². The number of aromatic amines is 1. The number of phosphoric ester groups is 1. The van der Waals surface area contributed by atoms with Gasteiger partial charge in [-0.3, -0.25) is 57.3 Å². The van der Waals surface area contributed by atoms with Gasteiger partial charge in [-0.1, -0.05) is 44.2 Å². The average Bonchev–Trinajstić information content (AvgIpc) is 4.17. The second kappa shape index (κ2) is 28.7. The summed E-state index contributed by atoms with van der Waals surface area (Å²) in [5.41, 5.74) is 6.19. The third kappa shape index (κ3) is 19.0. The summed E-state index contributed by atoms with van der Waals surface area (Å²) < 4.78 is 16.2. The van der Waals surface area contributed by atoms with Crippen LogP contribution in [-0.2, 0) is 74.7 Å². The highest BCUT2D eigenvalue weighted by Gasteiger charge is 2.45. The number of aliphatic hydroxyl groups is 1. The van der Waals surface area contributed by atoms with Crippen LogP contribution in [0.5, 0.6) is 0 Å². The zero-order chi connectivity index (χ0) is 57.3. The van der Waals surface area contributed by atoms with Gasteiger partial charge in [0, 0.05) is 44.7 Å². The van der Waals surface area contributed by atoms with E-state index in [0.29, 0.717) is 24.1 Å². The summed E-state index contributed by atoms with van der Waals surface area (Å²) in [6.45, 7) is 5.86. The summed E-state index contributed by atoms with van der Waals surface area (Å²) in [7, 11) is -5.28. The third-order valence-electron chi connectivity index (χ3n) is 12.5. The van der Waals surface area contributed by atoms with E-state index in [2.05, 4.69) is 51.7 Å². The van der Waals surface area contributed by atoms with Gasteiger partial charge in [0.15, 0.2) is 0 Å². The van der Waals surface area contributed by atoms with Crippen molar-refractivity contribution in [3.8, 4) is 0 Å². The number of primary amides is 1. The molecule has 0 radical (unpaired) electrons. The van der Waals surface area contributed by atoms with E-state index in [1.165, 1.54) is 36.2 Å². The summed E-state index contributed by atoms with van der Waals surface area (Å²) in [6, 6.07) is -4.53. The molecule has 10 amide bonds. The van der Waals surface area contributed by atoms with Gasteiger partial charge in [-0.2, -0.15) is 0 Å². The Kier molecular flexibility index (Phi) is 23.2. The van der Waals surface area contributed by atoms with Crippen molar-refractivity contribution in [1.82, 2.24) is 57.0 Å². The van der Waals surface area contributed by atoms with Crippen molar-refractivity contribution in [3.05, 3.63) is 54.1 Å². The van der Waals surface area contributed by atoms with Crippen molar-refractivity contribution in [2.45, 2.75) is 146 Å². The number of benzene rings is 1. The van der Waals surface area contributed by atoms with Crippen LogP contribution in [-0.4, -0.2) is 185 Å². The number of imidazole rings is 1. The smallest absolute Gasteiger partial charge is 0.469 e. The number of carbonyl (C=O) groups excluding carboxylic acids is 10. The Morgan fingerprint density at radius 2 is 1.31 bits per heavy atom. The molecule has 2 aliphatic rings. The Hall–Kier alpha value is -7.33. The predicted molar refractivity (Wildman–Crippen MR) is 267 cm³/mol. The van der Waals surface area contributed by atoms with Crippen molar-refractivity contribution in [2.24, 2.45) is 11.7 Å². The molecule has 77 heavy (non-hydrogen) atoms. The summed E-state index contributed by atoms with van der Waals surface area (Å²) in [4.78, 5) is 175. The Balaban J connectivity index is 1.51. The van der Waals surface area contributed by atoms with Gasteiger partial charge >= 0.3 is 13.8 Å². The second-order valence-corrected chi connectivity index (χ2v) is 20.4. The Labute approximate surface area is 442 Å². The zero-order valence-electron chi connectivity index (χ0n) is 43.1. The van der Waals surface area contributed by atoms with Crippen LogP contribution >= 0.6 is 7.82 Å². The first-order valence-electron chi connectivity index (χ1n) is 24.8. The predicted octanol–water partition coefficient (Wildman–Crippen LogP) is -3.89. The number of likely N-dealkylation sites (tertiary alicyclic amines) is 2. The number of nitrogens with one attached hydrogen (secondary N) is 8. The molecule has 29 nitrogen and oxygen atoms in total. The number of hydrogen-bond acceptors (Lipinski definition) is 15. The second-order valence-electron chi connectivity index (χ2n) is 19.2. The van der Waals surface area contributed by atoms with Crippen LogP contribution in [0.2, 0.25) is 0 Å². The largest absolute Gasteiger partial charge is 0.481 e. The SMILES string of the molecule is CC(=O)N[C@@H](Cc1ccccc1)C(=O)N[C@@H](CC(=O)O)C(=O)N1CCCC1C(=O)N1CCC[C@H]1C(=O)N[C@@H](CC(C)C)C(=O)N[C@@H](Cc1cnc[nH]1)C(=O)N[C@@H](CO)C(=O)N[C@H](C(=O)NC(C)C(N)=O)[C@@H](C)OP(=O)(O)O. The van der Waals surface area contributed by atoms with Gasteiger partial charge in [-0.05, 0) is 57.4 Å². The van der Waals surface area contributed by atoms with Crippen molar-refractivity contribution in [3.63, 3.8) is 0 Å². The molecule has 0 saturated carbocycles. The van der Waals surface area contributed by atoms with E-state index in [1.54, 1.807) is 44.2 Å². The van der Waals surface area contributed by atoms with Gasteiger partial charge in [0.1, 0.15) is 54.4 Å². The lowest BCUT2D eigenvalue weighted by atomic mass is 10.0. The van der Waals surface area contributed by atoms with Gasteiger partial charge in [0.05, 0.1) is 25.5 Å². The molecule has 2 unspecified atom stereocenters. The normalized spacial score (nSPS) is 18.5. The fourth-order valence-corrected chi connectivity index (χ4v) is 9.32. The number of hydrogen-bond donors (Lipinski definition) is 13. The van der Waals surface area contributed by atoms with Crippen LogP contribution < -0.4 is 43.0 Å². The first-order chi connectivity index (χ1) is 36.2. The number of carbonyl (C=O) groups is 11. The van der Waals surface area contributed by atoms with E-state index in [4.69, 9.17) is 5.73 Å². The average molecular weight is 1110 g/mol. The Morgan fingerprint density at radius 1 is 0.740 bits per heavy atom. The Morgan fingerprint density at radius 3 is 1.87 bits per heavy atom. The van der Waals surface area contributed by atoms with Gasteiger partial charge in [0.2, 0.25) is 59.1 Å². The molecule has 2 aromatic rings. The van der Waals surface area contributed by atoms with E-state index in [0.717, 1.165) is 6.92 Å². The lowest BCUT2D eigenvalue weighted by Crippen LogP contribution is -2.62. The maximum absolute atomic E-state index is 14.4. The first kappa shape index (κ1) is 62.2. The molecule has 2 fully saturated rings. The molecule has 1 aromatic carbocycles. The summed E-state index contributed by atoms with van der Waals surface area (Å²) >= 11 is 0. The van der Waals surface area contributed by atoms with Crippen LogP contribution in [0, 0.1) is 5.92 Å². The monoisotopic (exact) mass is 1100 g/mol. The van der Waals surface area contributed by atoms with Crippen molar-refractivity contribution >= 4 is 72.9 Å². The maximum Gasteiger partial charge on any atom is 0.469 e. The molecular weight excluding hydrogens is 1040 g/mol. The minimum Gasteiger partial charge on any atom is -0.481 e. The molecular formula is C47H69N12O17P. The minimum atomic E-state index is -5.28. The van der Waals surface area contributed by atoms with Crippen LogP contribution in [0.3, 0.4) is 0 Å². The van der Waals surface area contributed by atoms with Gasteiger partial charge < -0.3 is 77.7 Å².